The van der Waals surface area contributed by atoms with Crippen LogP contribution in [0.1, 0.15) is 26.6 Å². The maximum absolute atomic E-state index is 12.1. The summed E-state index contributed by atoms with van der Waals surface area (Å²) in [5.41, 5.74) is 8.69. The van der Waals surface area contributed by atoms with Crippen LogP contribution in [0.5, 0.6) is 0 Å². The lowest BCUT2D eigenvalue weighted by molar-refractivity contribution is 0.0950. The highest BCUT2D eigenvalue weighted by atomic mass is 79.9. The van der Waals surface area contributed by atoms with E-state index >= 15 is 0 Å². The van der Waals surface area contributed by atoms with Gasteiger partial charge in [0.05, 0.1) is 17.2 Å². The Morgan fingerprint density at radius 1 is 1.47 bits per heavy atom. The van der Waals surface area contributed by atoms with Crippen LogP contribution in [0.15, 0.2) is 22.0 Å². The standard InChI is InChI=1S/C13H14BrN3OS/c1-7-11(3-9(14)4-12(7)15)13(18)16-5-10-6-19-8(2)17-10/h3-4,6H,5,15H2,1-2H3,(H,16,18). The maximum atomic E-state index is 12.1. The van der Waals surface area contributed by atoms with Gasteiger partial charge in [0.15, 0.2) is 0 Å². The summed E-state index contributed by atoms with van der Waals surface area (Å²) in [6.07, 6.45) is 0. The van der Waals surface area contributed by atoms with E-state index in [1.54, 1.807) is 23.5 Å². The predicted octanol–water partition coefficient (Wildman–Crippen LogP) is 3.03. The molecule has 1 amide bonds. The van der Waals surface area contributed by atoms with Crippen molar-refractivity contribution in [3.05, 3.63) is 43.8 Å². The molecule has 0 saturated heterocycles. The summed E-state index contributed by atoms with van der Waals surface area (Å²) in [6, 6.07) is 3.56. The zero-order valence-corrected chi connectivity index (χ0v) is 13.1. The second-order valence-corrected chi connectivity index (χ2v) is 6.19. The zero-order chi connectivity index (χ0) is 14.0. The minimum atomic E-state index is -0.142. The number of benzene rings is 1. The van der Waals surface area contributed by atoms with Crippen molar-refractivity contribution in [1.82, 2.24) is 10.3 Å². The van der Waals surface area contributed by atoms with Gasteiger partial charge >= 0.3 is 0 Å². The monoisotopic (exact) mass is 339 g/mol. The minimum Gasteiger partial charge on any atom is -0.398 e. The molecule has 100 valence electrons. The van der Waals surface area contributed by atoms with E-state index in [1.165, 1.54) is 0 Å². The number of amides is 1. The quantitative estimate of drug-likeness (QED) is 0.844. The van der Waals surface area contributed by atoms with Crippen molar-refractivity contribution in [2.75, 3.05) is 5.73 Å². The number of halogens is 1. The molecule has 0 unspecified atom stereocenters. The number of aryl methyl sites for hydroxylation is 1. The number of thiazole rings is 1. The van der Waals surface area contributed by atoms with Crippen LogP contribution < -0.4 is 11.1 Å². The van der Waals surface area contributed by atoms with Gasteiger partial charge in [0, 0.05) is 21.1 Å². The summed E-state index contributed by atoms with van der Waals surface area (Å²) in [6.45, 7) is 4.20. The van der Waals surface area contributed by atoms with Crippen molar-refractivity contribution in [2.45, 2.75) is 20.4 Å². The second kappa shape index (κ2) is 5.71. The van der Waals surface area contributed by atoms with Gasteiger partial charge in [-0.15, -0.1) is 11.3 Å². The van der Waals surface area contributed by atoms with Crippen LogP contribution in [-0.2, 0) is 6.54 Å². The van der Waals surface area contributed by atoms with Crippen LogP contribution in [0.4, 0.5) is 5.69 Å². The zero-order valence-electron chi connectivity index (χ0n) is 10.7. The van der Waals surface area contributed by atoms with Gasteiger partial charge in [-0.25, -0.2) is 4.98 Å². The molecule has 0 saturated carbocycles. The molecule has 0 spiro atoms. The summed E-state index contributed by atoms with van der Waals surface area (Å²) in [5, 5.41) is 5.79. The Hall–Kier alpha value is -1.40. The van der Waals surface area contributed by atoms with Crippen molar-refractivity contribution in [1.29, 1.82) is 0 Å². The molecule has 1 heterocycles. The van der Waals surface area contributed by atoms with E-state index in [1.807, 2.05) is 19.2 Å². The van der Waals surface area contributed by atoms with Crippen molar-refractivity contribution >= 4 is 38.9 Å². The minimum absolute atomic E-state index is 0.142. The lowest BCUT2D eigenvalue weighted by Gasteiger charge is -2.09. The Balaban J connectivity index is 2.12. The molecule has 0 bridgehead atoms. The average molecular weight is 340 g/mol. The molecule has 3 N–H and O–H groups in total. The highest BCUT2D eigenvalue weighted by molar-refractivity contribution is 9.10. The molecule has 0 radical (unpaired) electrons. The van der Waals surface area contributed by atoms with Gasteiger partial charge in [0.2, 0.25) is 0 Å². The van der Waals surface area contributed by atoms with E-state index in [4.69, 9.17) is 5.73 Å². The smallest absolute Gasteiger partial charge is 0.251 e. The Morgan fingerprint density at radius 3 is 2.84 bits per heavy atom. The first-order valence-electron chi connectivity index (χ1n) is 5.72. The summed E-state index contributed by atoms with van der Waals surface area (Å²) >= 11 is 4.91. The fraction of sp³-hybridized carbons (Fsp3) is 0.231. The number of hydrogen-bond acceptors (Lipinski definition) is 4. The third kappa shape index (κ3) is 3.33. The van der Waals surface area contributed by atoms with E-state index < -0.39 is 0 Å². The van der Waals surface area contributed by atoms with Crippen molar-refractivity contribution < 1.29 is 4.79 Å². The van der Waals surface area contributed by atoms with Gasteiger partial charge in [-0.1, -0.05) is 15.9 Å². The van der Waals surface area contributed by atoms with Crippen molar-refractivity contribution in [3.8, 4) is 0 Å². The Kier molecular flexibility index (Phi) is 4.21. The number of hydrogen-bond donors (Lipinski definition) is 2. The van der Waals surface area contributed by atoms with Crippen LogP contribution in [0.3, 0.4) is 0 Å². The number of nitrogens with two attached hydrogens (primary N) is 1. The van der Waals surface area contributed by atoms with Gasteiger partial charge in [-0.3, -0.25) is 4.79 Å². The number of nitrogen functional groups attached to an aromatic ring is 1. The summed E-state index contributed by atoms with van der Waals surface area (Å²) in [7, 11) is 0. The van der Waals surface area contributed by atoms with Crippen LogP contribution in [-0.4, -0.2) is 10.9 Å². The number of anilines is 1. The molecule has 0 aliphatic heterocycles. The molecule has 0 fully saturated rings. The van der Waals surface area contributed by atoms with E-state index in [9.17, 15) is 4.79 Å². The lowest BCUT2D eigenvalue weighted by atomic mass is 10.1. The molecule has 6 heteroatoms. The third-order valence-electron chi connectivity index (χ3n) is 2.75. The van der Waals surface area contributed by atoms with Crippen LogP contribution in [0.25, 0.3) is 0 Å². The molecular weight excluding hydrogens is 326 g/mol. The number of rotatable bonds is 3. The number of aromatic nitrogens is 1. The fourth-order valence-electron chi connectivity index (χ4n) is 1.69. The Labute approximate surface area is 124 Å². The summed E-state index contributed by atoms with van der Waals surface area (Å²) < 4.78 is 0.797. The highest BCUT2D eigenvalue weighted by Gasteiger charge is 2.12. The first-order valence-corrected chi connectivity index (χ1v) is 7.39. The highest BCUT2D eigenvalue weighted by Crippen LogP contribution is 2.22. The van der Waals surface area contributed by atoms with E-state index in [2.05, 4.69) is 26.2 Å². The second-order valence-electron chi connectivity index (χ2n) is 4.21. The third-order valence-corrected chi connectivity index (χ3v) is 4.03. The SMILES string of the molecule is Cc1nc(CNC(=O)c2cc(Br)cc(N)c2C)cs1. The number of carbonyl (C=O) groups is 1. The number of carbonyl (C=O) groups excluding carboxylic acids is 1. The van der Waals surface area contributed by atoms with Gasteiger partial charge < -0.3 is 11.1 Å². The van der Waals surface area contributed by atoms with Crippen molar-refractivity contribution in [2.24, 2.45) is 0 Å². The molecule has 0 aliphatic carbocycles. The van der Waals surface area contributed by atoms with E-state index in [-0.39, 0.29) is 5.91 Å². The van der Waals surface area contributed by atoms with Gasteiger partial charge in [-0.05, 0) is 31.5 Å². The van der Waals surface area contributed by atoms with Crippen LogP contribution >= 0.6 is 27.3 Å². The number of nitrogens with one attached hydrogen (secondary N) is 1. The lowest BCUT2D eigenvalue weighted by Crippen LogP contribution is -2.24. The normalized spacial score (nSPS) is 10.5. The predicted molar refractivity (Wildman–Crippen MR) is 81.3 cm³/mol. The van der Waals surface area contributed by atoms with E-state index in [0.29, 0.717) is 17.8 Å². The maximum Gasteiger partial charge on any atom is 0.251 e. The summed E-state index contributed by atoms with van der Waals surface area (Å²) in [4.78, 5) is 16.4. The van der Waals surface area contributed by atoms with Crippen LogP contribution in [0, 0.1) is 13.8 Å². The van der Waals surface area contributed by atoms with Gasteiger partial charge in [0.25, 0.3) is 5.91 Å². The molecule has 2 aromatic rings. The molecule has 0 atom stereocenters. The first kappa shape index (κ1) is 14.0. The topological polar surface area (TPSA) is 68.0 Å². The van der Waals surface area contributed by atoms with Gasteiger partial charge in [0.1, 0.15) is 0 Å². The molecule has 1 aromatic heterocycles. The largest absolute Gasteiger partial charge is 0.398 e. The molecule has 1 aromatic carbocycles. The Morgan fingerprint density at radius 2 is 2.21 bits per heavy atom. The fourth-order valence-corrected chi connectivity index (χ4v) is 2.78. The number of nitrogens with zero attached hydrogens (tertiary/aromatic N) is 1. The average Bonchev–Trinajstić information content (AvgIpc) is 2.76. The molecular formula is C13H14BrN3OS. The Bertz CT molecular complexity index is 624. The summed E-state index contributed by atoms with van der Waals surface area (Å²) in [5.74, 6) is -0.142. The van der Waals surface area contributed by atoms with Crippen LogP contribution in [0.2, 0.25) is 0 Å². The van der Waals surface area contributed by atoms with Crippen molar-refractivity contribution in [3.63, 3.8) is 0 Å². The molecule has 0 aliphatic rings. The molecule has 4 nitrogen and oxygen atoms in total. The van der Waals surface area contributed by atoms with E-state index in [0.717, 1.165) is 20.7 Å². The molecule has 19 heavy (non-hydrogen) atoms. The first-order chi connectivity index (χ1) is 8.97. The molecule has 2 rings (SSSR count). The van der Waals surface area contributed by atoms with Gasteiger partial charge in [-0.2, -0.15) is 0 Å².